The molecule has 1 heterocycles. The first-order valence-corrected chi connectivity index (χ1v) is 11.7. The van der Waals surface area contributed by atoms with E-state index < -0.39 is 60.4 Å². The van der Waals surface area contributed by atoms with Crippen LogP contribution in [0, 0.1) is 0 Å². The molecule has 0 spiro atoms. The fourth-order valence-corrected chi connectivity index (χ4v) is 3.97. The van der Waals surface area contributed by atoms with Crippen LogP contribution in [-0.2, 0) is 28.8 Å². The van der Waals surface area contributed by atoms with Gasteiger partial charge in [0, 0.05) is 12.5 Å². The van der Waals surface area contributed by atoms with Crippen molar-refractivity contribution >= 4 is 53.0 Å². The molecular formula is C26H26N4O9. The number of ether oxygens (including phenoxy) is 1. The Hall–Kier alpha value is -5.07. The van der Waals surface area contributed by atoms with Crippen molar-refractivity contribution in [2.24, 2.45) is 0 Å². The Bertz CT molecular complexity index is 1310. The summed E-state index contributed by atoms with van der Waals surface area (Å²) in [5.74, 6) is -5.02. The van der Waals surface area contributed by atoms with E-state index in [1.54, 1.807) is 18.2 Å². The van der Waals surface area contributed by atoms with Crippen LogP contribution in [-0.4, -0.2) is 79.1 Å². The van der Waals surface area contributed by atoms with Crippen molar-refractivity contribution in [1.29, 1.82) is 0 Å². The molecule has 1 aliphatic heterocycles. The van der Waals surface area contributed by atoms with Crippen LogP contribution >= 0.6 is 0 Å². The number of aldehydes is 1. The fraction of sp³-hybridized carbons (Fsp3) is 0.269. The monoisotopic (exact) mass is 538 g/mol. The third-order valence-corrected chi connectivity index (χ3v) is 5.84. The molecule has 4 amide bonds. The number of amides is 4. The number of methoxy groups -OCH3 is 1. The number of rotatable bonds is 10. The topological polar surface area (TPSA) is 179 Å². The Balaban J connectivity index is 1.91. The zero-order chi connectivity index (χ0) is 28.7. The number of carbonyl (C=O) groups excluding carboxylic acids is 6. The molecule has 1 aliphatic rings. The van der Waals surface area contributed by atoms with E-state index in [1.807, 2.05) is 0 Å². The minimum absolute atomic E-state index is 0.0376. The van der Waals surface area contributed by atoms with Gasteiger partial charge in [0.05, 0.1) is 37.5 Å². The summed E-state index contributed by atoms with van der Waals surface area (Å²) in [7, 11) is 1.44. The Labute approximate surface area is 222 Å². The highest BCUT2D eigenvalue weighted by Crippen LogP contribution is 2.32. The van der Waals surface area contributed by atoms with Gasteiger partial charge in [0.1, 0.15) is 24.6 Å². The number of para-hydroxylation sites is 2. The van der Waals surface area contributed by atoms with Crippen molar-refractivity contribution in [1.82, 2.24) is 10.6 Å². The summed E-state index contributed by atoms with van der Waals surface area (Å²) in [6, 6.07) is 9.18. The Morgan fingerprint density at radius 2 is 1.72 bits per heavy atom. The first kappa shape index (κ1) is 28.5. The standard InChI is InChI=1S/C26H26N4O9/c1-15(32)29-12-19(28-25(37)24(36)16-7-9-18(39-2)10-8-16)26(38)30(21-6-4-3-5-20(21)29)13-22(33)27-17(14-31)11-23(34)35/h3-10,14,17,19H,11-13H2,1-2H3,(H,27,33)(H,28,37)(H,34,35)/t17-,19-/m0/s1. The molecular weight excluding hydrogens is 512 g/mol. The quantitative estimate of drug-likeness (QED) is 0.212. The molecule has 13 heteroatoms. The van der Waals surface area contributed by atoms with Gasteiger partial charge in [-0.3, -0.25) is 33.7 Å². The van der Waals surface area contributed by atoms with Gasteiger partial charge in [-0.05, 0) is 36.4 Å². The van der Waals surface area contributed by atoms with E-state index >= 15 is 0 Å². The van der Waals surface area contributed by atoms with Crippen LogP contribution in [0.4, 0.5) is 11.4 Å². The molecule has 0 radical (unpaired) electrons. The summed E-state index contributed by atoms with van der Waals surface area (Å²) in [6.07, 6.45) is -0.403. The Morgan fingerprint density at radius 1 is 1.08 bits per heavy atom. The fourth-order valence-electron chi connectivity index (χ4n) is 3.97. The third-order valence-electron chi connectivity index (χ3n) is 5.84. The molecule has 2 aromatic carbocycles. The average Bonchev–Trinajstić information content (AvgIpc) is 3.02. The zero-order valence-electron chi connectivity index (χ0n) is 21.1. The number of carbonyl (C=O) groups is 7. The van der Waals surface area contributed by atoms with Gasteiger partial charge in [-0.15, -0.1) is 0 Å². The van der Waals surface area contributed by atoms with Gasteiger partial charge in [0.2, 0.25) is 17.6 Å². The second-order valence-electron chi connectivity index (χ2n) is 8.53. The summed E-state index contributed by atoms with van der Waals surface area (Å²) in [5.41, 5.74) is 0.462. The summed E-state index contributed by atoms with van der Waals surface area (Å²) in [6.45, 7) is 0.261. The minimum atomic E-state index is -1.43. The molecule has 0 bridgehead atoms. The van der Waals surface area contributed by atoms with Gasteiger partial charge in [-0.2, -0.15) is 0 Å². The maximum Gasteiger partial charge on any atom is 0.305 e. The summed E-state index contributed by atoms with van der Waals surface area (Å²) in [4.78, 5) is 88.8. The molecule has 39 heavy (non-hydrogen) atoms. The lowest BCUT2D eigenvalue weighted by Crippen LogP contribution is -2.55. The number of anilines is 2. The van der Waals surface area contributed by atoms with Gasteiger partial charge >= 0.3 is 5.97 Å². The van der Waals surface area contributed by atoms with Crippen molar-refractivity contribution in [3.63, 3.8) is 0 Å². The number of ketones is 1. The highest BCUT2D eigenvalue weighted by atomic mass is 16.5. The number of hydrogen-bond acceptors (Lipinski definition) is 8. The lowest BCUT2D eigenvalue weighted by Gasteiger charge is -2.25. The largest absolute Gasteiger partial charge is 0.497 e. The van der Waals surface area contributed by atoms with Gasteiger partial charge in [-0.25, -0.2) is 0 Å². The molecule has 2 atom stereocenters. The number of aliphatic carboxylic acids is 1. The average molecular weight is 539 g/mol. The van der Waals surface area contributed by atoms with Gasteiger partial charge in [0.15, 0.2) is 0 Å². The van der Waals surface area contributed by atoms with Gasteiger partial charge in [-0.1, -0.05) is 12.1 Å². The van der Waals surface area contributed by atoms with Gasteiger partial charge in [0.25, 0.3) is 11.8 Å². The number of carboxylic acid groups (broad SMARTS) is 1. The van der Waals surface area contributed by atoms with Crippen molar-refractivity contribution < 1.29 is 43.4 Å². The summed E-state index contributed by atoms with van der Waals surface area (Å²) < 4.78 is 5.04. The summed E-state index contributed by atoms with van der Waals surface area (Å²) in [5, 5.41) is 13.5. The van der Waals surface area contributed by atoms with E-state index in [2.05, 4.69) is 10.6 Å². The first-order valence-electron chi connectivity index (χ1n) is 11.7. The molecule has 3 N–H and O–H groups in total. The molecule has 0 fully saturated rings. The molecule has 2 aromatic rings. The number of nitrogens with zero attached hydrogens (tertiary/aromatic N) is 2. The van der Waals surface area contributed by atoms with Crippen LogP contribution in [0.5, 0.6) is 5.75 Å². The predicted octanol–water partition coefficient (Wildman–Crippen LogP) is -0.0792. The number of carboxylic acids is 1. The lowest BCUT2D eigenvalue weighted by atomic mass is 10.1. The van der Waals surface area contributed by atoms with Crippen molar-refractivity contribution in [3.05, 3.63) is 54.1 Å². The molecule has 3 rings (SSSR count). The van der Waals surface area contributed by atoms with E-state index in [1.165, 1.54) is 49.3 Å². The minimum Gasteiger partial charge on any atom is -0.497 e. The number of benzene rings is 2. The maximum absolute atomic E-state index is 13.6. The molecule has 0 saturated carbocycles. The van der Waals surface area contributed by atoms with Gasteiger partial charge < -0.3 is 30.2 Å². The molecule has 204 valence electrons. The Kier molecular flexibility index (Phi) is 9.10. The highest BCUT2D eigenvalue weighted by Gasteiger charge is 2.38. The second kappa shape index (κ2) is 12.4. The second-order valence-corrected chi connectivity index (χ2v) is 8.53. The van der Waals surface area contributed by atoms with Crippen molar-refractivity contribution in [2.75, 3.05) is 30.0 Å². The van der Waals surface area contributed by atoms with Crippen LogP contribution in [0.1, 0.15) is 23.7 Å². The van der Waals surface area contributed by atoms with E-state index in [4.69, 9.17) is 9.84 Å². The van der Waals surface area contributed by atoms with Crippen LogP contribution in [0.25, 0.3) is 0 Å². The molecule has 0 unspecified atom stereocenters. The molecule has 0 saturated heterocycles. The number of nitrogens with one attached hydrogen (secondary N) is 2. The zero-order valence-corrected chi connectivity index (χ0v) is 21.1. The predicted molar refractivity (Wildman–Crippen MR) is 136 cm³/mol. The summed E-state index contributed by atoms with van der Waals surface area (Å²) >= 11 is 0. The first-order chi connectivity index (χ1) is 18.5. The van der Waals surface area contributed by atoms with Crippen molar-refractivity contribution in [3.8, 4) is 5.75 Å². The van der Waals surface area contributed by atoms with Crippen LogP contribution in [0.3, 0.4) is 0 Å². The normalized spacial score (nSPS) is 15.3. The molecule has 0 aromatic heterocycles. The van der Waals surface area contributed by atoms with Crippen LogP contribution < -0.4 is 25.2 Å². The smallest absolute Gasteiger partial charge is 0.305 e. The highest BCUT2D eigenvalue weighted by molar-refractivity contribution is 6.43. The maximum atomic E-state index is 13.6. The number of hydrogen-bond donors (Lipinski definition) is 3. The van der Waals surface area contributed by atoms with Crippen LogP contribution in [0.2, 0.25) is 0 Å². The SMILES string of the molecule is COc1ccc(C(=O)C(=O)N[C@H]2CN(C(C)=O)c3ccccc3N(CC(=O)N[C@H](C=O)CC(=O)O)C2=O)cc1. The van der Waals surface area contributed by atoms with E-state index in [0.717, 1.165) is 4.90 Å². The third kappa shape index (κ3) is 6.83. The van der Waals surface area contributed by atoms with E-state index in [-0.39, 0.29) is 29.8 Å². The molecule has 13 nitrogen and oxygen atoms in total. The Morgan fingerprint density at radius 3 is 2.28 bits per heavy atom. The number of Topliss-reactive ketones (excluding diaryl/α,β-unsaturated/α-hetero) is 1. The van der Waals surface area contributed by atoms with Crippen molar-refractivity contribution in [2.45, 2.75) is 25.4 Å². The lowest BCUT2D eigenvalue weighted by molar-refractivity contribution is -0.139. The van der Waals surface area contributed by atoms with E-state index in [9.17, 15) is 33.6 Å². The van der Waals surface area contributed by atoms with Crippen LogP contribution in [0.15, 0.2) is 48.5 Å². The number of fused-ring (bicyclic) bond motifs is 1. The van der Waals surface area contributed by atoms with E-state index in [0.29, 0.717) is 5.75 Å². The molecule has 0 aliphatic carbocycles.